The first-order chi connectivity index (χ1) is 41.5. The van der Waals surface area contributed by atoms with Crippen LogP contribution in [0.4, 0.5) is 0 Å². The minimum atomic E-state index is -4.58. The van der Waals surface area contributed by atoms with Crippen molar-refractivity contribution in [3.63, 3.8) is 0 Å². The molecule has 0 fully saturated rings. The number of hydrogen-bond acceptors (Lipinski definition) is 6. The Bertz CT molecular complexity index is 1350. The van der Waals surface area contributed by atoms with E-state index in [1.807, 2.05) is 21.1 Å². The van der Waals surface area contributed by atoms with Crippen molar-refractivity contribution in [1.29, 1.82) is 0 Å². The lowest BCUT2D eigenvalue weighted by molar-refractivity contribution is -0.870. The number of carbonyl (C=O) groups is 1. The van der Waals surface area contributed by atoms with Crippen molar-refractivity contribution in [2.75, 3.05) is 40.9 Å². The highest BCUT2D eigenvalue weighted by atomic mass is 31.2. The number of phosphoric ester groups is 1. The van der Waals surface area contributed by atoms with Gasteiger partial charge < -0.3 is 28.8 Å². The van der Waals surface area contributed by atoms with Gasteiger partial charge in [0, 0.05) is 6.42 Å². The van der Waals surface area contributed by atoms with Crippen molar-refractivity contribution in [3.05, 3.63) is 0 Å². The van der Waals surface area contributed by atoms with E-state index in [4.69, 9.17) is 9.05 Å². The van der Waals surface area contributed by atoms with Crippen molar-refractivity contribution < 1.29 is 32.9 Å². The fraction of sp³-hybridized carbons (Fsp3) is 0.987. The van der Waals surface area contributed by atoms with Crippen molar-refractivity contribution in [2.45, 2.75) is 443 Å². The van der Waals surface area contributed by atoms with Gasteiger partial charge in [-0.1, -0.05) is 412 Å². The number of unbranched alkanes of at least 4 members (excludes halogenated alkanes) is 61. The molecule has 0 saturated heterocycles. The van der Waals surface area contributed by atoms with Crippen LogP contribution in [0.15, 0.2) is 0 Å². The molecule has 0 aromatic carbocycles. The second kappa shape index (κ2) is 67.9. The molecule has 3 atom stereocenters. The summed E-state index contributed by atoms with van der Waals surface area (Å²) in [6.07, 6.45) is 86.6. The molecular weight excluding hydrogens is 1070 g/mol. The van der Waals surface area contributed by atoms with E-state index in [9.17, 15) is 19.4 Å². The van der Waals surface area contributed by atoms with Gasteiger partial charge in [0.15, 0.2) is 0 Å². The van der Waals surface area contributed by atoms with E-state index in [0.29, 0.717) is 23.9 Å². The van der Waals surface area contributed by atoms with E-state index in [-0.39, 0.29) is 19.1 Å². The predicted molar refractivity (Wildman–Crippen MR) is 372 cm³/mol. The highest BCUT2D eigenvalue weighted by Gasteiger charge is 2.24. The van der Waals surface area contributed by atoms with Crippen LogP contribution in [0.2, 0.25) is 0 Å². The van der Waals surface area contributed by atoms with Crippen LogP contribution in [-0.4, -0.2) is 68.5 Å². The van der Waals surface area contributed by atoms with Crippen LogP contribution in [-0.2, 0) is 18.4 Å². The molecule has 2 N–H and O–H groups in total. The molecule has 0 saturated carbocycles. The standard InChI is InChI=1S/C76H155N2O6P/c1-6-8-10-12-14-16-18-20-22-24-26-28-30-31-32-33-34-35-36-37-38-39-40-41-42-43-44-45-46-48-50-52-54-56-58-60-62-64-66-68-70-76(80)77-74(73-84-85(81,82)83-72-71-78(3,4)5)75(79)69-67-65-63-61-59-57-55-53-51-49-47-29-27-25-23-21-19-17-15-13-11-9-7-2/h74-75,79H,6-73H2,1-5H3,(H-,77,80,81,82). The third kappa shape index (κ3) is 70.8. The molecule has 0 bridgehead atoms. The molecule has 9 heteroatoms. The number of carbonyl (C=O) groups excluding carboxylic acids is 1. The Labute approximate surface area is 533 Å². The number of rotatable bonds is 74. The van der Waals surface area contributed by atoms with Gasteiger partial charge in [-0.05, 0) is 12.8 Å². The lowest BCUT2D eigenvalue weighted by Crippen LogP contribution is -2.46. The maximum Gasteiger partial charge on any atom is 0.268 e. The van der Waals surface area contributed by atoms with E-state index in [0.717, 1.165) is 38.5 Å². The van der Waals surface area contributed by atoms with Crippen LogP contribution in [0, 0.1) is 0 Å². The average Bonchev–Trinajstić information content (AvgIpc) is 3.48. The first-order valence-electron chi connectivity index (χ1n) is 38.9. The van der Waals surface area contributed by atoms with Gasteiger partial charge in [-0.15, -0.1) is 0 Å². The lowest BCUT2D eigenvalue weighted by atomic mass is 10.0. The number of phosphoric acid groups is 1. The minimum absolute atomic E-state index is 0.0170. The number of nitrogens with zero attached hydrogens (tertiary/aromatic N) is 1. The second-order valence-corrected chi connectivity index (χ2v) is 29.8. The third-order valence-corrected chi connectivity index (χ3v) is 19.6. The van der Waals surface area contributed by atoms with Crippen molar-refractivity contribution in [3.8, 4) is 0 Å². The number of amides is 1. The van der Waals surface area contributed by atoms with Gasteiger partial charge in [-0.3, -0.25) is 9.36 Å². The zero-order chi connectivity index (χ0) is 61.9. The highest BCUT2D eigenvalue weighted by molar-refractivity contribution is 7.45. The van der Waals surface area contributed by atoms with E-state index in [1.54, 1.807) is 0 Å². The van der Waals surface area contributed by atoms with Gasteiger partial charge in [-0.2, -0.15) is 0 Å². The number of quaternary nitrogens is 1. The molecule has 0 aliphatic carbocycles. The highest BCUT2D eigenvalue weighted by Crippen LogP contribution is 2.38. The third-order valence-electron chi connectivity index (χ3n) is 18.6. The number of hydrogen-bond donors (Lipinski definition) is 2. The largest absolute Gasteiger partial charge is 0.756 e. The van der Waals surface area contributed by atoms with Crippen LogP contribution in [0.1, 0.15) is 431 Å². The Balaban J connectivity index is 3.85. The summed E-state index contributed by atoms with van der Waals surface area (Å²) in [5, 5.41) is 14.1. The van der Waals surface area contributed by atoms with Crippen LogP contribution in [0.3, 0.4) is 0 Å². The monoisotopic (exact) mass is 1220 g/mol. The molecule has 0 aliphatic rings. The second-order valence-electron chi connectivity index (χ2n) is 28.4. The molecule has 0 spiro atoms. The lowest BCUT2D eigenvalue weighted by Gasteiger charge is -2.30. The molecule has 0 rings (SSSR count). The number of likely N-dealkylation sites (N-methyl/N-ethyl adjacent to an activating group) is 1. The van der Waals surface area contributed by atoms with Crippen LogP contribution in [0.5, 0.6) is 0 Å². The first-order valence-corrected chi connectivity index (χ1v) is 40.3. The number of aliphatic hydroxyl groups is 1. The van der Waals surface area contributed by atoms with E-state index in [1.165, 1.54) is 366 Å². The Kier molecular flexibility index (Phi) is 67.5. The van der Waals surface area contributed by atoms with E-state index >= 15 is 0 Å². The molecule has 0 aliphatic heterocycles. The van der Waals surface area contributed by atoms with Gasteiger partial charge in [0.1, 0.15) is 13.2 Å². The summed E-state index contributed by atoms with van der Waals surface area (Å²) in [5.41, 5.74) is 0. The maximum atomic E-state index is 13.1. The fourth-order valence-corrected chi connectivity index (χ4v) is 13.3. The zero-order valence-electron chi connectivity index (χ0n) is 58.6. The molecule has 510 valence electrons. The van der Waals surface area contributed by atoms with Gasteiger partial charge in [0.25, 0.3) is 7.82 Å². The molecule has 85 heavy (non-hydrogen) atoms. The summed E-state index contributed by atoms with van der Waals surface area (Å²) in [4.78, 5) is 25.7. The predicted octanol–water partition coefficient (Wildman–Crippen LogP) is 24.4. The molecule has 0 radical (unpaired) electrons. The maximum absolute atomic E-state index is 13.1. The molecule has 1 amide bonds. The Morgan fingerprint density at radius 1 is 0.365 bits per heavy atom. The fourth-order valence-electron chi connectivity index (χ4n) is 12.6. The smallest absolute Gasteiger partial charge is 0.268 e. The number of nitrogens with one attached hydrogen (secondary N) is 1. The summed E-state index contributed by atoms with van der Waals surface area (Å²) in [6.45, 7) is 4.81. The van der Waals surface area contributed by atoms with Gasteiger partial charge in [0.2, 0.25) is 5.91 Å². The van der Waals surface area contributed by atoms with Crippen LogP contribution >= 0.6 is 7.82 Å². The Morgan fingerprint density at radius 2 is 0.576 bits per heavy atom. The Morgan fingerprint density at radius 3 is 0.800 bits per heavy atom. The van der Waals surface area contributed by atoms with Gasteiger partial charge >= 0.3 is 0 Å². The zero-order valence-corrected chi connectivity index (χ0v) is 59.5. The summed E-state index contributed by atoms with van der Waals surface area (Å²) in [7, 11) is 1.33. The topological polar surface area (TPSA) is 108 Å². The van der Waals surface area contributed by atoms with E-state index in [2.05, 4.69) is 19.2 Å². The Hall–Kier alpha value is -0.500. The SMILES string of the molecule is CCCCCCCCCCCCCCCCCCCCCCCCCCCCCCCCCCCCCCCCCCC(=O)NC(COP(=O)([O-])OCC[N+](C)(C)C)C(O)CCCCCCCCCCCCCCCCCCCCCCCCC. The molecule has 0 aromatic heterocycles. The van der Waals surface area contributed by atoms with Gasteiger partial charge in [-0.25, -0.2) is 0 Å². The molecule has 0 heterocycles. The van der Waals surface area contributed by atoms with Crippen molar-refractivity contribution in [2.24, 2.45) is 0 Å². The van der Waals surface area contributed by atoms with Crippen LogP contribution in [0.25, 0.3) is 0 Å². The molecule has 8 nitrogen and oxygen atoms in total. The number of aliphatic hydroxyl groups excluding tert-OH is 1. The summed E-state index contributed by atoms with van der Waals surface area (Å²) in [6, 6.07) is -0.797. The summed E-state index contributed by atoms with van der Waals surface area (Å²) >= 11 is 0. The average molecular weight is 1220 g/mol. The minimum Gasteiger partial charge on any atom is -0.756 e. The molecular formula is C76H155N2O6P. The van der Waals surface area contributed by atoms with E-state index < -0.39 is 20.0 Å². The van der Waals surface area contributed by atoms with Crippen molar-refractivity contribution >= 4 is 13.7 Å². The summed E-state index contributed by atoms with van der Waals surface area (Å²) in [5.74, 6) is -0.152. The quantitative estimate of drug-likeness (QED) is 0.0357. The van der Waals surface area contributed by atoms with Crippen LogP contribution < -0.4 is 10.2 Å². The summed E-state index contributed by atoms with van der Waals surface area (Å²) < 4.78 is 23.6. The molecule has 3 unspecified atom stereocenters. The van der Waals surface area contributed by atoms with Crippen molar-refractivity contribution in [1.82, 2.24) is 5.32 Å². The molecule has 0 aromatic rings. The normalized spacial score (nSPS) is 13.4. The first kappa shape index (κ1) is 84.5. The van der Waals surface area contributed by atoms with Gasteiger partial charge in [0.05, 0.1) is 39.9 Å².